The van der Waals surface area contributed by atoms with Gasteiger partial charge in [0.1, 0.15) is 0 Å². The molecule has 6 heteroatoms. The Morgan fingerprint density at radius 2 is 0.812 bits per heavy atom. The van der Waals surface area contributed by atoms with Crippen molar-refractivity contribution in [2.45, 2.75) is 122 Å². The third kappa shape index (κ3) is 20.0. The van der Waals surface area contributed by atoms with Crippen molar-refractivity contribution in [2.24, 2.45) is 0 Å². The highest BCUT2D eigenvalue weighted by molar-refractivity contribution is 6.60. The maximum Gasteiger partial charge on any atom is 0.500 e. The van der Waals surface area contributed by atoms with Crippen molar-refractivity contribution < 1.29 is 34.7 Å². The highest BCUT2D eigenvalue weighted by Gasteiger charge is 2.37. The zero-order valence-corrected chi connectivity index (χ0v) is 25.3. The van der Waals surface area contributed by atoms with E-state index in [-0.39, 0.29) is 17.0 Å². The molecule has 32 heavy (non-hydrogen) atoms. The Bertz CT molecular complexity index is 374. The first-order valence-corrected chi connectivity index (χ1v) is 15.4. The second-order valence-corrected chi connectivity index (χ2v) is 13.2. The van der Waals surface area contributed by atoms with Gasteiger partial charge in [0.05, 0.1) is 27.2 Å². The molecule has 0 aliphatic heterocycles. The molecule has 0 aliphatic rings. The monoisotopic (exact) mass is 539 g/mol. The SMILES string of the molecule is CCCCCCCCCCCCCCCCCC[N+](C)(C)CCC[Si](OC)(OC)OC.[Br-]. The molecule has 0 aromatic carbocycles. The summed E-state index contributed by atoms with van der Waals surface area (Å²) in [4.78, 5) is 0. The predicted molar refractivity (Wildman–Crippen MR) is 138 cm³/mol. The van der Waals surface area contributed by atoms with E-state index in [1.165, 1.54) is 109 Å². The zero-order chi connectivity index (χ0) is 23.3. The summed E-state index contributed by atoms with van der Waals surface area (Å²) in [6.07, 6.45) is 24.0. The summed E-state index contributed by atoms with van der Waals surface area (Å²) < 4.78 is 17.7. The molecule has 0 heterocycles. The van der Waals surface area contributed by atoms with Crippen molar-refractivity contribution in [3.05, 3.63) is 0 Å². The molecule has 0 aliphatic carbocycles. The van der Waals surface area contributed by atoms with Crippen molar-refractivity contribution in [1.29, 1.82) is 0 Å². The van der Waals surface area contributed by atoms with Gasteiger partial charge in [-0.25, -0.2) is 0 Å². The molecule has 0 amide bonds. The van der Waals surface area contributed by atoms with Crippen LogP contribution in [-0.4, -0.2) is 61.8 Å². The van der Waals surface area contributed by atoms with Crippen LogP contribution in [0.5, 0.6) is 0 Å². The second-order valence-electron chi connectivity index (χ2n) is 10.1. The van der Waals surface area contributed by atoms with Gasteiger partial charge in [0, 0.05) is 33.8 Å². The van der Waals surface area contributed by atoms with E-state index in [0.29, 0.717) is 0 Å². The number of hydrogen-bond acceptors (Lipinski definition) is 3. The standard InChI is InChI=1S/C26H58NO3Si.BrH/c1-7-8-9-10-11-12-13-14-15-16-17-18-19-20-21-22-24-27(2,3)25-23-26-31(28-4,29-5)30-6;/h7-26H2,1-6H3;1H/q+1;/p-1. The fraction of sp³-hybridized carbons (Fsp3) is 1.00. The number of rotatable bonds is 24. The molecule has 0 saturated carbocycles. The van der Waals surface area contributed by atoms with E-state index in [0.717, 1.165) is 23.5 Å². The average Bonchev–Trinajstić information content (AvgIpc) is 2.76. The maximum atomic E-state index is 5.53. The third-order valence-corrected chi connectivity index (χ3v) is 9.63. The van der Waals surface area contributed by atoms with Gasteiger partial charge in [-0.1, -0.05) is 96.8 Å². The minimum atomic E-state index is -2.40. The highest BCUT2D eigenvalue weighted by Crippen LogP contribution is 2.17. The van der Waals surface area contributed by atoms with E-state index in [4.69, 9.17) is 13.3 Å². The van der Waals surface area contributed by atoms with Crippen molar-refractivity contribution >= 4 is 8.80 Å². The van der Waals surface area contributed by atoms with E-state index in [1.54, 1.807) is 21.3 Å². The van der Waals surface area contributed by atoms with Crippen LogP contribution in [0.1, 0.15) is 116 Å². The van der Waals surface area contributed by atoms with Crippen LogP contribution in [0.15, 0.2) is 0 Å². The van der Waals surface area contributed by atoms with Gasteiger partial charge in [-0.15, -0.1) is 0 Å². The lowest BCUT2D eigenvalue weighted by Gasteiger charge is -2.31. The number of unbranched alkanes of at least 4 members (excludes halogenated alkanes) is 15. The minimum absolute atomic E-state index is 0. The summed E-state index contributed by atoms with van der Waals surface area (Å²) in [5, 5.41) is 0. The molecule has 0 fully saturated rings. The molecular weight excluding hydrogens is 482 g/mol. The molecule has 0 aromatic rings. The third-order valence-electron chi connectivity index (χ3n) is 6.80. The maximum absolute atomic E-state index is 5.53. The van der Waals surface area contributed by atoms with Crippen LogP contribution < -0.4 is 17.0 Å². The number of halogens is 1. The van der Waals surface area contributed by atoms with Crippen LogP contribution in [0.25, 0.3) is 0 Å². The largest absolute Gasteiger partial charge is 1.00 e. The Kier molecular flexibility index (Phi) is 25.3. The number of hydrogen-bond donors (Lipinski definition) is 0. The quantitative estimate of drug-likeness (QED) is 0.102. The highest BCUT2D eigenvalue weighted by atomic mass is 79.9. The summed E-state index contributed by atoms with van der Waals surface area (Å²) in [6, 6.07) is 0.900. The molecule has 0 rings (SSSR count). The first kappa shape index (κ1) is 34.7. The van der Waals surface area contributed by atoms with E-state index in [2.05, 4.69) is 21.0 Å². The van der Waals surface area contributed by atoms with Crippen LogP contribution in [0.4, 0.5) is 0 Å². The minimum Gasteiger partial charge on any atom is -1.00 e. The molecule has 0 bridgehead atoms. The van der Waals surface area contributed by atoms with Gasteiger partial charge in [-0.3, -0.25) is 0 Å². The molecule has 0 aromatic heterocycles. The molecule has 0 unspecified atom stereocenters. The Morgan fingerprint density at radius 1 is 0.500 bits per heavy atom. The zero-order valence-electron chi connectivity index (χ0n) is 22.7. The van der Waals surface area contributed by atoms with Crippen molar-refractivity contribution in [3.8, 4) is 0 Å². The predicted octanol–water partition coefficient (Wildman–Crippen LogP) is 4.60. The lowest BCUT2D eigenvalue weighted by Crippen LogP contribution is -3.00. The van der Waals surface area contributed by atoms with Gasteiger partial charge in [-0.2, -0.15) is 0 Å². The van der Waals surface area contributed by atoms with Gasteiger partial charge in [0.25, 0.3) is 0 Å². The van der Waals surface area contributed by atoms with Crippen molar-refractivity contribution in [2.75, 3.05) is 48.5 Å². The molecule has 0 spiro atoms. The summed E-state index contributed by atoms with van der Waals surface area (Å²) in [5.74, 6) is 0. The van der Waals surface area contributed by atoms with Gasteiger partial charge < -0.3 is 34.7 Å². The Labute approximate surface area is 213 Å². The molecule has 0 atom stereocenters. The van der Waals surface area contributed by atoms with Gasteiger partial charge in [0.15, 0.2) is 0 Å². The molecule has 4 nitrogen and oxygen atoms in total. The van der Waals surface area contributed by atoms with Crippen molar-refractivity contribution in [3.63, 3.8) is 0 Å². The van der Waals surface area contributed by atoms with E-state index in [1.807, 2.05) is 0 Å². The number of nitrogens with zero attached hydrogens (tertiary/aromatic N) is 1. The summed E-state index contributed by atoms with van der Waals surface area (Å²) in [7, 11) is 7.40. The molecule has 0 saturated heterocycles. The van der Waals surface area contributed by atoms with Crippen molar-refractivity contribution in [1.82, 2.24) is 0 Å². The van der Waals surface area contributed by atoms with E-state index in [9.17, 15) is 0 Å². The van der Waals surface area contributed by atoms with Crippen LogP contribution in [-0.2, 0) is 13.3 Å². The molecule has 0 radical (unpaired) electrons. The fourth-order valence-corrected chi connectivity index (χ4v) is 6.18. The molecular formula is C26H58BrNO3Si. The summed E-state index contributed by atoms with van der Waals surface area (Å²) in [5.41, 5.74) is 0. The van der Waals surface area contributed by atoms with Gasteiger partial charge >= 0.3 is 8.80 Å². The second kappa shape index (κ2) is 23.3. The number of quaternary nitrogens is 1. The van der Waals surface area contributed by atoms with E-state index >= 15 is 0 Å². The Morgan fingerprint density at radius 3 is 1.16 bits per heavy atom. The Hall–Kier alpha value is 0.537. The normalized spacial score (nSPS) is 12.2. The van der Waals surface area contributed by atoms with Crippen LogP contribution in [0.2, 0.25) is 6.04 Å². The first-order chi connectivity index (χ1) is 14.9. The van der Waals surface area contributed by atoms with E-state index < -0.39 is 8.80 Å². The average molecular weight is 541 g/mol. The lowest BCUT2D eigenvalue weighted by atomic mass is 10.0. The van der Waals surface area contributed by atoms with Crippen LogP contribution in [0.3, 0.4) is 0 Å². The smallest absolute Gasteiger partial charge is 0.500 e. The van der Waals surface area contributed by atoms with Gasteiger partial charge in [-0.05, 0) is 12.8 Å². The van der Waals surface area contributed by atoms with Crippen LogP contribution >= 0.6 is 0 Å². The summed E-state index contributed by atoms with van der Waals surface area (Å²) in [6.45, 7) is 4.72. The first-order valence-electron chi connectivity index (χ1n) is 13.4. The van der Waals surface area contributed by atoms with Crippen LogP contribution in [0, 0.1) is 0 Å². The topological polar surface area (TPSA) is 27.7 Å². The lowest BCUT2D eigenvalue weighted by molar-refractivity contribution is -0.890. The molecule has 0 N–H and O–H groups in total. The summed E-state index contributed by atoms with van der Waals surface area (Å²) >= 11 is 0. The molecule has 196 valence electrons. The fourth-order valence-electron chi connectivity index (χ4n) is 4.48. The van der Waals surface area contributed by atoms with Gasteiger partial charge in [0.2, 0.25) is 0 Å². The Balaban J connectivity index is 0.